The summed E-state index contributed by atoms with van der Waals surface area (Å²) >= 11 is 0. The van der Waals surface area contributed by atoms with Gasteiger partial charge in [-0.25, -0.2) is 9.37 Å². The molecule has 48 heavy (non-hydrogen) atoms. The van der Waals surface area contributed by atoms with Gasteiger partial charge in [0.15, 0.2) is 5.83 Å². The van der Waals surface area contributed by atoms with Gasteiger partial charge in [0, 0.05) is 50.7 Å². The number of hydrogen-bond donors (Lipinski definition) is 4. The number of aromatic nitrogens is 2. The minimum Gasteiger partial charge on any atom is -0.496 e. The van der Waals surface area contributed by atoms with Crippen LogP contribution < -0.4 is 26.4 Å². The van der Waals surface area contributed by atoms with Gasteiger partial charge in [-0.15, -0.1) is 0 Å². The van der Waals surface area contributed by atoms with Crippen LogP contribution in [0.3, 0.4) is 0 Å². The van der Waals surface area contributed by atoms with Crippen molar-refractivity contribution >= 4 is 34.2 Å². The summed E-state index contributed by atoms with van der Waals surface area (Å²) in [5, 5.41) is 8.17. The molecule has 10 nitrogen and oxygen atoms in total. The normalized spacial score (nSPS) is 13.5. The summed E-state index contributed by atoms with van der Waals surface area (Å²) in [5.41, 5.74) is 10.5. The lowest BCUT2D eigenvalue weighted by molar-refractivity contribution is -0.123. The average Bonchev–Trinajstić information content (AvgIpc) is 3.38. The van der Waals surface area contributed by atoms with Crippen LogP contribution in [0.1, 0.15) is 15.9 Å². The number of rotatable bonds is 8. The molecule has 5 N–H and O–H groups in total. The molecule has 1 aliphatic heterocycles. The Bertz CT molecular complexity index is 1940. The number of aryl methyl sites for hydroxylation is 1. The lowest BCUT2D eigenvalue weighted by atomic mass is 9.96. The van der Waals surface area contributed by atoms with Crippen molar-refractivity contribution < 1.29 is 31.9 Å². The zero-order valence-corrected chi connectivity index (χ0v) is 26.2. The van der Waals surface area contributed by atoms with Crippen molar-refractivity contribution in [1.82, 2.24) is 25.1 Å². The van der Waals surface area contributed by atoms with Gasteiger partial charge in [-0.3, -0.25) is 14.5 Å². The monoisotopic (exact) mass is 663 g/mol. The third kappa shape index (κ3) is 7.43. The van der Waals surface area contributed by atoms with Crippen LogP contribution in [-0.2, 0) is 11.8 Å². The van der Waals surface area contributed by atoms with Crippen LogP contribution in [-0.4, -0.2) is 78.8 Å². The van der Waals surface area contributed by atoms with Gasteiger partial charge < -0.3 is 31.0 Å². The van der Waals surface area contributed by atoms with Crippen molar-refractivity contribution in [3.63, 3.8) is 0 Å². The Morgan fingerprint density at radius 1 is 1.12 bits per heavy atom. The Morgan fingerprint density at radius 3 is 2.46 bits per heavy atom. The summed E-state index contributed by atoms with van der Waals surface area (Å²) in [7, 11) is 3.14. The Kier molecular flexibility index (Phi) is 10.0. The number of hydrogen-bond acceptors (Lipinski definition) is 7. The summed E-state index contributed by atoms with van der Waals surface area (Å²) in [4.78, 5) is 31.2. The van der Waals surface area contributed by atoms with Gasteiger partial charge in [0.2, 0.25) is 0 Å². The largest absolute Gasteiger partial charge is 0.496 e. The standard InChI is InChI=1S/C34H33F4N7O3/c1-20(35)32(46)43-24-9-6-21(7-10-24)29-27(22-8-11-25(26(17-22)48-3)33(47)42-19-34(36,37)38)28-30(44(29)2)23(18-41-31(28)39)5-4-14-45-15-12-40-13-16-45/h6-11,17-18,40H,1,12-16,19H2,2-3H3,(H2,39,41)(H,42,47)(H,43,46). The van der Waals surface area contributed by atoms with E-state index in [-0.39, 0.29) is 17.1 Å². The molecule has 5 rings (SSSR count). The number of carbonyl (C=O) groups excluding carboxylic acids is 2. The van der Waals surface area contributed by atoms with Crippen LogP contribution in [0, 0.1) is 11.8 Å². The fourth-order valence-corrected chi connectivity index (χ4v) is 5.56. The number of anilines is 2. The minimum absolute atomic E-state index is 0.0399. The maximum Gasteiger partial charge on any atom is 0.405 e. The highest BCUT2D eigenvalue weighted by atomic mass is 19.4. The number of alkyl halides is 3. The van der Waals surface area contributed by atoms with Crippen molar-refractivity contribution in [2.75, 3.05) is 57.4 Å². The van der Waals surface area contributed by atoms with Gasteiger partial charge in [0.1, 0.15) is 18.1 Å². The van der Waals surface area contributed by atoms with Crippen LogP contribution >= 0.6 is 0 Å². The molecular weight excluding hydrogens is 630 g/mol. The van der Waals surface area contributed by atoms with Crippen molar-refractivity contribution in [2.45, 2.75) is 6.18 Å². The number of pyridine rings is 1. The molecule has 0 atom stereocenters. The van der Waals surface area contributed by atoms with Crippen LogP contribution in [0.2, 0.25) is 0 Å². The van der Waals surface area contributed by atoms with E-state index in [2.05, 4.69) is 38.9 Å². The van der Waals surface area contributed by atoms with Gasteiger partial charge in [-0.05, 0) is 35.4 Å². The van der Waals surface area contributed by atoms with Crippen LogP contribution in [0.25, 0.3) is 33.3 Å². The van der Waals surface area contributed by atoms with Gasteiger partial charge >= 0.3 is 6.18 Å². The summed E-state index contributed by atoms with van der Waals surface area (Å²) in [6.45, 7) is 5.60. The van der Waals surface area contributed by atoms with E-state index in [1.54, 1.807) is 42.6 Å². The van der Waals surface area contributed by atoms with E-state index in [1.807, 2.05) is 16.9 Å². The Balaban J connectivity index is 1.66. The van der Waals surface area contributed by atoms with E-state index in [9.17, 15) is 27.2 Å². The third-order valence-electron chi connectivity index (χ3n) is 7.82. The van der Waals surface area contributed by atoms with Gasteiger partial charge in [-0.2, -0.15) is 13.2 Å². The number of ether oxygens (including phenoxy) is 1. The van der Waals surface area contributed by atoms with Gasteiger partial charge in [0.25, 0.3) is 11.8 Å². The smallest absolute Gasteiger partial charge is 0.405 e. The average molecular weight is 664 g/mol. The zero-order chi connectivity index (χ0) is 34.6. The molecule has 2 aromatic carbocycles. The molecule has 14 heteroatoms. The molecule has 1 aliphatic rings. The number of amides is 2. The highest BCUT2D eigenvalue weighted by molar-refractivity contribution is 6.11. The fourth-order valence-electron chi connectivity index (χ4n) is 5.56. The number of methoxy groups -OCH3 is 1. The summed E-state index contributed by atoms with van der Waals surface area (Å²) in [6, 6.07) is 11.2. The van der Waals surface area contributed by atoms with E-state index in [0.717, 1.165) is 26.2 Å². The quantitative estimate of drug-likeness (QED) is 0.125. The van der Waals surface area contributed by atoms with E-state index < -0.39 is 30.4 Å². The number of halogens is 4. The fraction of sp³-hybridized carbons (Fsp3) is 0.265. The highest BCUT2D eigenvalue weighted by Gasteiger charge is 2.29. The molecule has 0 unspecified atom stereocenters. The number of piperazine rings is 1. The topological polar surface area (TPSA) is 127 Å². The van der Waals surface area contributed by atoms with E-state index in [0.29, 0.717) is 51.1 Å². The Labute approximate surface area is 273 Å². The molecule has 3 heterocycles. The minimum atomic E-state index is -4.59. The second-order valence-corrected chi connectivity index (χ2v) is 11.0. The summed E-state index contributed by atoms with van der Waals surface area (Å²) in [5.74, 6) is 3.68. The number of fused-ring (bicyclic) bond motifs is 1. The number of nitrogens with two attached hydrogens (primary N) is 1. The van der Waals surface area contributed by atoms with E-state index in [4.69, 9.17) is 10.5 Å². The maximum atomic E-state index is 13.3. The molecule has 1 saturated heterocycles. The molecule has 0 aliphatic carbocycles. The third-order valence-corrected chi connectivity index (χ3v) is 7.82. The van der Waals surface area contributed by atoms with E-state index >= 15 is 0 Å². The Hall–Kier alpha value is -5.39. The molecule has 0 saturated carbocycles. The second-order valence-electron chi connectivity index (χ2n) is 11.0. The molecule has 0 bridgehead atoms. The van der Waals surface area contributed by atoms with Crippen molar-refractivity contribution in [3.8, 4) is 40.0 Å². The summed E-state index contributed by atoms with van der Waals surface area (Å²) in [6.07, 6.45) is -2.98. The molecule has 1 fully saturated rings. The predicted octanol–water partition coefficient (Wildman–Crippen LogP) is 4.47. The highest BCUT2D eigenvalue weighted by Crippen LogP contribution is 2.44. The van der Waals surface area contributed by atoms with Crippen molar-refractivity contribution in [1.29, 1.82) is 0 Å². The van der Waals surface area contributed by atoms with Gasteiger partial charge in [0.05, 0.1) is 41.4 Å². The van der Waals surface area contributed by atoms with Crippen LogP contribution in [0.5, 0.6) is 5.75 Å². The zero-order valence-electron chi connectivity index (χ0n) is 26.2. The maximum absolute atomic E-state index is 13.3. The molecule has 4 aromatic rings. The summed E-state index contributed by atoms with van der Waals surface area (Å²) < 4.78 is 59.1. The number of carbonyl (C=O) groups is 2. The lowest BCUT2D eigenvalue weighted by Gasteiger charge is -2.24. The number of nitrogen functional groups attached to an aromatic ring is 1. The SMILES string of the molecule is C=C(F)C(=O)Nc1ccc(-c2c(-c3ccc(C(=O)NCC(F)(F)F)c(OC)c3)c3c(N)ncc(C#CCN4CCNCC4)c3n2C)cc1. The Morgan fingerprint density at radius 2 is 1.81 bits per heavy atom. The van der Waals surface area contributed by atoms with Crippen molar-refractivity contribution in [3.05, 3.63) is 72.2 Å². The molecule has 2 amide bonds. The molecule has 250 valence electrons. The van der Waals surface area contributed by atoms with E-state index in [1.165, 1.54) is 13.2 Å². The first kappa shape index (κ1) is 34.0. The number of nitrogens with one attached hydrogen (secondary N) is 3. The second kappa shape index (κ2) is 14.2. The number of benzene rings is 2. The first-order valence-corrected chi connectivity index (χ1v) is 14.9. The molecule has 0 radical (unpaired) electrons. The molecule has 2 aromatic heterocycles. The van der Waals surface area contributed by atoms with Crippen LogP contribution in [0.15, 0.2) is 61.1 Å². The predicted molar refractivity (Wildman–Crippen MR) is 176 cm³/mol. The first-order valence-electron chi connectivity index (χ1n) is 14.9. The van der Waals surface area contributed by atoms with Gasteiger partial charge in [-0.1, -0.05) is 36.6 Å². The first-order chi connectivity index (χ1) is 22.9. The molecule has 0 spiro atoms. The molecular formula is C34H33F4N7O3. The van der Waals surface area contributed by atoms with Crippen LogP contribution in [0.4, 0.5) is 29.1 Å². The number of nitrogens with zero attached hydrogens (tertiary/aromatic N) is 3. The van der Waals surface area contributed by atoms with Crippen molar-refractivity contribution in [2.24, 2.45) is 7.05 Å². The lowest BCUT2D eigenvalue weighted by Crippen LogP contribution is -2.43.